The molecular formula is C26H29N5O5S. The van der Waals surface area contributed by atoms with Gasteiger partial charge in [0.1, 0.15) is 34.1 Å². The minimum absolute atomic E-state index is 0.0260. The first-order valence-electron chi connectivity index (χ1n) is 11.9. The molecule has 0 aliphatic carbocycles. The summed E-state index contributed by atoms with van der Waals surface area (Å²) in [6, 6.07) is 13.5. The Morgan fingerprint density at radius 1 is 1.11 bits per heavy atom. The Morgan fingerprint density at radius 3 is 2.49 bits per heavy atom. The van der Waals surface area contributed by atoms with Crippen molar-refractivity contribution in [2.45, 2.75) is 51.3 Å². The number of alkyl carbamates (subject to hydrolysis) is 1. The molecule has 1 aliphatic heterocycles. The van der Waals surface area contributed by atoms with E-state index in [1.165, 1.54) is 17.0 Å². The minimum Gasteiger partial charge on any atom is -0.508 e. The number of aromatic nitrogens is 2. The van der Waals surface area contributed by atoms with E-state index in [0.717, 1.165) is 17.1 Å². The summed E-state index contributed by atoms with van der Waals surface area (Å²) in [7, 11) is 0. The highest BCUT2D eigenvalue weighted by Crippen LogP contribution is 2.31. The summed E-state index contributed by atoms with van der Waals surface area (Å²) in [6.45, 7) is 5.53. The number of aromatic hydroxyl groups is 1. The molecule has 0 saturated carbocycles. The quantitative estimate of drug-likeness (QED) is 0.443. The molecule has 2 aromatic carbocycles. The molecule has 10 nitrogen and oxygen atoms in total. The summed E-state index contributed by atoms with van der Waals surface area (Å²) in [6.07, 6.45) is 0.340. The van der Waals surface area contributed by atoms with Gasteiger partial charge in [-0.05, 0) is 51.3 Å². The second kappa shape index (κ2) is 11.0. The van der Waals surface area contributed by atoms with E-state index in [2.05, 4.69) is 20.2 Å². The van der Waals surface area contributed by atoms with Crippen molar-refractivity contribution in [1.82, 2.24) is 19.8 Å². The first-order valence-corrected chi connectivity index (χ1v) is 12.7. The third-order valence-corrected chi connectivity index (χ3v) is 6.39. The van der Waals surface area contributed by atoms with E-state index in [1.54, 1.807) is 32.9 Å². The number of carbonyl (C=O) groups excluding carboxylic acids is 3. The van der Waals surface area contributed by atoms with Crippen LogP contribution >= 0.6 is 11.5 Å². The van der Waals surface area contributed by atoms with Gasteiger partial charge in [-0.25, -0.2) is 4.79 Å². The third-order valence-electron chi connectivity index (χ3n) is 5.74. The van der Waals surface area contributed by atoms with Crippen molar-refractivity contribution >= 4 is 34.4 Å². The van der Waals surface area contributed by atoms with Crippen LogP contribution in [0.3, 0.4) is 0 Å². The highest BCUT2D eigenvalue weighted by Gasteiger charge is 2.39. The molecule has 2 heterocycles. The Hall–Kier alpha value is -3.99. The van der Waals surface area contributed by atoms with Gasteiger partial charge in [0.05, 0.1) is 0 Å². The Morgan fingerprint density at radius 2 is 1.81 bits per heavy atom. The maximum Gasteiger partial charge on any atom is 0.408 e. The molecule has 37 heavy (non-hydrogen) atoms. The molecule has 0 radical (unpaired) electrons. The summed E-state index contributed by atoms with van der Waals surface area (Å²) in [4.78, 5) is 41.1. The van der Waals surface area contributed by atoms with Crippen LogP contribution in [0.1, 0.15) is 45.2 Å². The predicted octanol–water partition coefficient (Wildman–Crippen LogP) is 4.11. The average molecular weight is 524 g/mol. The molecule has 3 aromatic rings. The number of amides is 3. The van der Waals surface area contributed by atoms with Gasteiger partial charge in [-0.15, -0.1) is 5.10 Å². The van der Waals surface area contributed by atoms with E-state index in [4.69, 9.17) is 4.74 Å². The highest BCUT2D eigenvalue weighted by atomic mass is 32.1. The lowest BCUT2D eigenvalue weighted by Crippen LogP contribution is -2.49. The maximum atomic E-state index is 13.7. The largest absolute Gasteiger partial charge is 0.508 e. The third kappa shape index (κ3) is 6.42. The van der Waals surface area contributed by atoms with Crippen molar-refractivity contribution in [3.8, 4) is 17.0 Å². The second-order valence-electron chi connectivity index (χ2n) is 9.67. The fraction of sp³-hybridized carbons (Fsp3) is 0.346. The zero-order valence-corrected chi connectivity index (χ0v) is 21.6. The lowest BCUT2D eigenvalue weighted by atomic mass is 10.0. The van der Waals surface area contributed by atoms with Crippen LogP contribution in [0.15, 0.2) is 54.6 Å². The molecule has 0 spiro atoms. The number of phenolic OH excluding ortho intramolecular Hbond substituents is 1. The summed E-state index contributed by atoms with van der Waals surface area (Å²) in [5.74, 6) is -0.770. The number of carbonyl (C=O) groups is 3. The highest BCUT2D eigenvalue weighted by molar-refractivity contribution is 7.10. The number of anilines is 1. The van der Waals surface area contributed by atoms with Crippen LogP contribution < -0.4 is 10.6 Å². The van der Waals surface area contributed by atoms with Gasteiger partial charge < -0.3 is 25.4 Å². The topological polar surface area (TPSA) is 134 Å². The van der Waals surface area contributed by atoms with Crippen LogP contribution in [0.5, 0.6) is 5.75 Å². The Bertz CT molecular complexity index is 1260. The molecular weight excluding hydrogens is 494 g/mol. The van der Waals surface area contributed by atoms with Crippen molar-refractivity contribution in [3.63, 3.8) is 0 Å². The molecule has 3 amide bonds. The normalized spacial score (nSPS) is 16.2. The van der Waals surface area contributed by atoms with Crippen molar-refractivity contribution in [1.29, 1.82) is 0 Å². The van der Waals surface area contributed by atoms with E-state index in [9.17, 15) is 19.5 Å². The monoisotopic (exact) mass is 523 g/mol. The number of ether oxygens (including phenoxy) is 1. The maximum absolute atomic E-state index is 13.7. The van der Waals surface area contributed by atoms with E-state index in [0.29, 0.717) is 35.6 Å². The van der Waals surface area contributed by atoms with Gasteiger partial charge in [0.15, 0.2) is 0 Å². The fourth-order valence-corrected chi connectivity index (χ4v) is 4.70. The second-order valence-corrected chi connectivity index (χ2v) is 10.4. The number of nitrogens with one attached hydrogen (secondary N) is 2. The molecule has 194 valence electrons. The van der Waals surface area contributed by atoms with Crippen molar-refractivity contribution < 1.29 is 24.2 Å². The fourth-order valence-electron chi connectivity index (χ4n) is 4.10. The van der Waals surface area contributed by atoms with E-state index < -0.39 is 29.7 Å². The number of nitrogens with zero attached hydrogens (tertiary/aromatic N) is 3. The van der Waals surface area contributed by atoms with Gasteiger partial charge in [-0.1, -0.05) is 47.0 Å². The lowest BCUT2D eigenvalue weighted by Gasteiger charge is -2.29. The number of likely N-dealkylation sites (tertiary alicyclic amines) is 1. The van der Waals surface area contributed by atoms with E-state index in [-0.39, 0.29) is 11.7 Å². The average Bonchev–Trinajstić information content (AvgIpc) is 3.52. The van der Waals surface area contributed by atoms with Crippen molar-refractivity contribution in [3.05, 3.63) is 60.2 Å². The Kier molecular flexibility index (Phi) is 7.72. The van der Waals surface area contributed by atoms with Crippen molar-refractivity contribution in [2.75, 3.05) is 11.9 Å². The summed E-state index contributed by atoms with van der Waals surface area (Å²) in [5.41, 5.74) is 1.07. The Labute approximate surface area is 218 Å². The van der Waals surface area contributed by atoms with Crippen molar-refractivity contribution in [2.24, 2.45) is 0 Å². The molecule has 1 saturated heterocycles. The first kappa shape index (κ1) is 26.1. The smallest absolute Gasteiger partial charge is 0.408 e. The standard InChI is InChI=1S/C26H29N5O5S/c1-26(2,3)36-25(35)27-21(17-11-13-18(32)14-12-17)24(34)31-15-7-10-19(31)22(33)28-23-20(29-30-37-23)16-8-5-4-6-9-16/h4-6,8-9,11-14,19,21,32H,7,10,15H2,1-3H3,(H,27,35)(H,28,33)/t19-,21-/m0/s1. The summed E-state index contributed by atoms with van der Waals surface area (Å²) in [5, 5.41) is 19.9. The van der Waals surface area contributed by atoms with Crippen LogP contribution in [0, 0.1) is 0 Å². The predicted molar refractivity (Wildman–Crippen MR) is 139 cm³/mol. The number of phenols is 1. The molecule has 4 rings (SSSR count). The molecule has 0 bridgehead atoms. The zero-order valence-electron chi connectivity index (χ0n) is 20.8. The molecule has 1 aliphatic rings. The van der Waals surface area contributed by atoms with Crippen LogP contribution in [-0.4, -0.2) is 55.7 Å². The molecule has 0 unspecified atom stereocenters. The SMILES string of the molecule is CC(C)(C)OC(=O)N[C@H](C(=O)N1CCC[C@H]1C(=O)Nc1snnc1-c1ccccc1)c1ccc(O)cc1. The van der Waals surface area contributed by atoms with Gasteiger partial charge in [-0.2, -0.15) is 0 Å². The number of rotatable bonds is 6. The number of hydrogen-bond acceptors (Lipinski definition) is 8. The van der Waals surface area contributed by atoms with Gasteiger partial charge in [0.25, 0.3) is 5.91 Å². The van der Waals surface area contributed by atoms with Crippen LogP contribution in [0.25, 0.3) is 11.3 Å². The molecule has 11 heteroatoms. The van der Waals surface area contributed by atoms with Gasteiger partial charge in [0, 0.05) is 23.6 Å². The summed E-state index contributed by atoms with van der Waals surface area (Å²) >= 11 is 1.07. The number of hydrogen-bond donors (Lipinski definition) is 3. The summed E-state index contributed by atoms with van der Waals surface area (Å²) < 4.78 is 9.35. The number of benzene rings is 2. The van der Waals surface area contributed by atoms with E-state index >= 15 is 0 Å². The van der Waals surface area contributed by atoms with E-state index in [1.807, 2.05) is 30.3 Å². The first-order chi connectivity index (χ1) is 17.6. The van der Waals surface area contributed by atoms with Gasteiger partial charge in [-0.3, -0.25) is 9.59 Å². The Balaban J connectivity index is 1.54. The molecule has 3 N–H and O–H groups in total. The lowest BCUT2D eigenvalue weighted by molar-refractivity contribution is -0.138. The zero-order chi connectivity index (χ0) is 26.6. The molecule has 1 aromatic heterocycles. The minimum atomic E-state index is -1.10. The molecule has 1 fully saturated rings. The van der Waals surface area contributed by atoms with Crippen LogP contribution in [0.4, 0.5) is 9.80 Å². The molecule has 2 atom stereocenters. The van der Waals surface area contributed by atoms with Crippen LogP contribution in [0.2, 0.25) is 0 Å². The van der Waals surface area contributed by atoms with Gasteiger partial charge >= 0.3 is 6.09 Å². The van der Waals surface area contributed by atoms with Crippen LogP contribution in [-0.2, 0) is 14.3 Å². The van der Waals surface area contributed by atoms with Gasteiger partial charge in [0.2, 0.25) is 5.91 Å².